The number of hydrogen-bond acceptors (Lipinski definition) is 3. The molecule has 0 aliphatic carbocycles. The van der Waals surface area contributed by atoms with Crippen LogP contribution in [0.25, 0.3) is 0 Å². The van der Waals surface area contributed by atoms with Crippen LogP contribution in [0, 0.1) is 6.92 Å². The van der Waals surface area contributed by atoms with Gasteiger partial charge in [0, 0.05) is 17.2 Å². The minimum absolute atomic E-state index is 0.170. The molecule has 1 atom stereocenters. The molecule has 0 amide bonds. The van der Waals surface area contributed by atoms with E-state index in [1.54, 1.807) is 0 Å². The molecule has 0 saturated heterocycles. The predicted molar refractivity (Wildman–Crippen MR) is 94.5 cm³/mol. The van der Waals surface area contributed by atoms with E-state index in [1.165, 1.54) is 5.56 Å². The van der Waals surface area contributed by atoms with Gasteiger partial charge in [-0.3, -0.25) is 0 Å². The summed E-state index contributed by atoms with van der Waals surface area (Å²) in [5, 5.41) is 0. The van der Waals surface area contributed by atoms with Crippen LogP contribution in [0.2, 0.25) is 0 Å². The van der Waals surface area contributed by atoms with Gasteiger partial charge < -0.3 is 15.2 Å². The summed E-state index contributed by atoms with van der Waals surface area (Å²) in [6, 6.07) is 21.9. The van der Waals surface area contributed by atoms with Gasteiger partial charge in [0.2, 0.25) is 0 Å². The van der Waals surface area contributed by atoms with Gasteiger partial charge in [-0.15, -0.1) is 0 Å². The Morgan fingerprint density at radius 3 is 2.50 bits per heavy atom. The zero-order valence-corrected chi connectivity index (χ0v) is 13.5. The highest BCUT2D eigenvalue weighted by molar-refractivity contribution is 5.54. The molecule has 0 aromatic heterocycles. The lowest BCUT2D eigenvalue weighted by Gasteiger charge is -2.25. The molecule has 1 heterocycles. The Hall–Kier alpha value is -2.78. The lowest BCUT2D eigenvalue weighted by atomic mass is 9.95. The van der Waals surface area contributed by atoms with Gasteiger partial charge >= 0.3 is 0 Å². The molecule has 4 rings (SSSR count). The number of ether oxygens (including phenoxy) is 2. The first-order valence-corrected chi connectivity index (χ1v) is 8.05. The van der Waals surface area contributed by atoms with Crippen LogP contribution in [0.3, 0.4) is 0 Å². The zero-order chi connectivity index (χ0) is 16.5. The first kappa shape index (κ1) is 14.8. The molecular formula is C21H19NO2. The molecule has 0 radical (unpaired) electrons. The van der Waals surface area contributed by atoms with E-state index in [0.717, 1.165) is 33.9 Å². The van der Waals surface area contributed by atoms with E-state index < -0.39 is 0 Å². The van der Waals surface area contributed by atoms with Crippen LogP contribution in [-0.4, -0.2) is 0 Å². The Labute approximate surface area is 141 Å². The summed E-state index contributed by atoms with van der Waals surface area (Å²) in [4.78, 5) is 0. The number of para-hydroxylation sites is 1. The molecule has 3 aromatic carbocycles. The number of rotatable bonds is 3. The predicted octanol–water partition coefficient (Wildman–Crippen LogP) is 4.73. The van der Waals surface area contributed by atoms with E-state index in [0.29, 0.717) is 6.61 Å². The second-order valence-electron chi connectivity index (χ2n) is 6.09. The Balaban J connectivity index is 1.55. The maximum Gasteiger partial charge on any atom is 0.136 e. The highest BCUT2D eigenvalue weighted by Gasteiger charge is 2.24. The Kier molecular flexibility index (Phi) is 3.71. The molecule has 0 fully saturated rings. The summed E-state index contributed by atoms with van der Waals surface area (Å²) in [5.74, 6) is 2.36. The van der Waals surface area contributed by atoms with Gasteiger partial charge in [0.15, 0.2) is 0 Å². The summed E-state index contributed by atoms with van der Waals surface area (Å²) in [6.07, 6.45) is 0. The average Bonchev–Trinajstić information content (AvgIpc) is 2.61. The van der Waals surface area contributed by atoms with Gasteiger partial charge in [-0.2, -0.15) is 0 Å². The van der Waals surface area contributed by atoms with Crippen molar-refractivity contribution < 1.29 is 9.47 Å². The monoisotopic (exact) mass is 317 g/mol. The standard InChI is InChI=1S/C21H19NO2/c1-14-6-8-15(9-7-14)13-23-16-10-11-18-20(12-16)24-19-5-3-2-4-17(19)21(18)22/h2-12,21H,13,22H2,1H3. The van der Waals surface area contributed by atoms with Crippen molar-refractivity contribution in [2.75, 3.05) is 0 Å². The van der Waals surface area contributed by atoms with Gasteiger partial charge in [-0.25, -0.2) is 0 Å². The number of fused-ring (bicyclic) bond motifs is 2. The van der Waals surface area contributed by atoms with Crippen LogP contribution in [-0.2, 0) is 6.61 Å². The maximum atomic E-state index is 6.37. The normalized spacial score (nSPS) is 15.2. The number of hydrogen-bond donors (Lipinski definition) is 1. The van der Waals surface area contributed by atoms with Gasteiger partial charge in [0.25, 0.3) is 0 Å². The molecule has 24 heavy (non-hydrogen) atoms. The van der Waals surface area contributed by atoms with Crippen molar-refractivity contribution in [3.8, 4) is 17.2 Å². The first-order chi connectivity index (χ1) is 11.7. The van der Waals surface area contributed by atoms with E-state index >= 15 is 0 Å². The van der Waals surface area contributed by atoms with E-state index in [9.17, 15) is 0 Å². The Morgan fingerprint density at radius 2 is 1.67 bits per heavy atom. The molecular weight excluding hydrogens is 298 g/mol. The molecule has 0 spiro atoms. The van der Waals surface area contributed by atoms with Gasteiger partial charge in [0.1, 0.15) is 23.9 Å². The second-order valence-corrected chi connectivity index (χ2v) is 6.09. The quantitative estimate of drug-likeness (QED) is 0.759. The average molecular weight is 317 g/mol. The highest BCUT2D eigenvalue weighted by atomic mass is 16.5. The van der Waals surface area contributed by atoms with Crippen molar-refractivity contribution in [3.05, 3.63) is 89.0 Å². The smallest absolute Gasteiger partial charge is 0.136 e. The first-order valence-electron chi connectivity index (χ1n) is 8.05. The van der Waals surface area contributed by atoms with Crippen molar-refractivity contribution in [1.29, 1.82) is 0 Å². The zero-order valence-electron chi connectivity index (χ0n) is 13.5. The number of nitrogens with two attached hydrogens (primary N) is 1. The van der Waals surface area contributed by atoms with Crippen molar-refractivity contribution >= 4 is 0 Å². The summed E-state index contributed by atoms with van der Waals surface area (Å²) < 4.78 is 11.9. The maximum absolute atomic E-state index is 6.37. The van der Waals surface area contributed by atoms with Crippen LogP contribution in [0.15, 0.2) is 66.7 Å². The molecule has 0 bridgehead atoms. The fraction of sp³-hybridized carbons (Fsp3) is 0.143. The SMILES string of the molecule is Cc1ccc(COc2ccc3c(c2)Oc2ccccc2C3N)cc1. The number of benzene rings is 3. The minimum atomic E-state index is -0.170. The fourth-order valence-electron chi connectivity index (χ4n) is 2.92. The van der Waals surface area contributed by atoms with Crippen molar-refractivity contribution in [3.63, 3.8) is 0 Å². The molecule has 3 nitrogen and oxygen atoms in total. The van der Waals surface area contributed by atoms with E-state index in [1.807, 2.05) is 42.5 Å². The fourth-order valence-corrected chi connectivity index (χ4v) is 2.92. The van der Waals surface area contributed by atoms with E-state index in [-0.39, 0.29) is 6.04 Å². The molecule has 1 aliphatic heterocycles. The van der Waals surface area contributed by atoms with Crippen LogP contribution in [0.5, 0.6) is 17.2 Å². The molecule has 120 valence electrons. The van der Waals surface area contributed by atoms with E-state index in [2.05, 4.69) is 31.2 Å². The van der Waals surface area contributed by atoms with E-state index in [4.69, 9.17) is 15.2 Å². The van der Waals surface area contributed by atoms with Crippen molar-refractivity contribution in [2.24, 2.45) is 5.73 Å². The largest absolute Gasteiger partial charge is 0.489 e. The van der Waals surface area contributed by atoms with Crippen LogP contribution >= 0.6 is 0 Å². The summed E-state index contributed by atoms with van der Waals surface area (Å²) in [6.45, 7) is 2.61. The summed E-state index contributed by atoms with van der Waals surface area (Å²) in [7, 11) is 0. The third kappa shape index (κ3) is 2.74. The molecule has 1 aliphatic rings. The molecule has 3 aromatic rings. The Bertz CT molecular complexity index is 871. The second kappa shape index (κ2) is 6.02. The lowest BCUT2D eigenvalue weighted by molar-refractivity contribution is 0.304. The third-order valence-electron chi connectivity index (χ3n) is 4.32. The van der Waals surface area contributed by atoms with Gasteiger partial charge in [-0.1, -0.05) is 48.0 Å². The minimum Gasteiger partial charge on any atom is -0.489 e. The third-order valence-corrected chi connectivity index (χ3v) is 4.32. The molecule has 3 heteroatoms. The topological polar surface area (TPSA) is 44.5 Å². The molecule has 2 N–H and O–H groups in total. The van der Waals surface area contributed by atoms with Crippen molar-refractivity contribution in [1.82, 2.24) is 0 Å². The molecule has 1 unspecified atom stereocenters. The van der Waals surface area contributed by atoms with Crippen LogP contribution < -0.4 is 15.2 Å². The lowest BCUT2D eigenvalue weighted by Crippen LogP contribution is -2.17. The summed E-state index contributed by atoms with van der Waals surface area (Å²) in [5.41, 5.74) is 10.7. The van der Waals surface area contributed by atoms with Crippen LogP contribution in [0.1, 0.15) is 28.3 Å². The highest BCUT2D eigenvalue weighted by Crippen LogP contribution is 2.42. The van der Waals surface area contributed by atoms with Crippen LogP contribution in [0.4, 0.5) is 0 Å². The summed E-state index contributed by atoms with van der Waals surface area (Å²) >= 11 is 0. The van der Waals surface area contributed by atoms with Crippen molar-refractivity contribution in [2.45, 2.75) is 19.6 Å². The van der Waals surface area contributed by atoms with Gasteiger partial charge in [-0.05, 0) is 30.7 Å². The molecule has 0 saturated carbocycles. The van der Waals surface area contributed by atoms with Gasteiger partial charge in [0.05, 0.1) is 6.04 Å². The number of aryl methyl sites for hydroxylation is 1. The Morgan fingerprint density at radius 1 is 0.917 bits per heavy atom.